The average Bonchev–Trinajstić information content (AvgIpc) is 2.63. The van der Waals surface area contributed by atoms with E-state index in [1.165, 1.54) is 0 Å². The zero-order valence-electron chi connectivity index (χ0n) is 12.5. The van der Waals surface area contributed by atoms with Crippen LogP contribution in [0.4, 0.5) is 0 Å². The van der Waals surface area contributed by atoms with Crippen LogP contribution in [0.15, 0.2) is 28.7 Å². The minimum Gasteiger partial charge on any atom is -0.339 e. The van der Waals surface area contributed by atoms with Crippen LogP contribution < -0.4 is 0 Å². The van der Waals surface area contributed by atoms with Crippen molar-refractivity contribution in [2.75, 3.05) is 6.54 Å². The third-order valence-corrected chi connectivity index (χ3v) is 4.46. The lowest BCUT2D eigenvalue weighted by Crippen LogP contribution is -2.41. The molecule has 0 aliphatic carbocycles. The van der Waals surface area contributed by atoms with Gasteiger partial charge in [0.15, 0.2) is 0 Å². The summed E-state index contributed by atoms with van der Waals surface area (Å²) in [6.45, 7) is 2.40. The molecule has 1 unspecified atom stereocenters. The topological polar surface area (TPSA) is 37.4 Å². The van der Waals surface area contributed by atoms with Crippen LogP contribution in [0.3, 0.4) is 0 Å². The van der Waals surface area contributed by atoms with Crippen molar-refractivity contribution in [2.24, 2.45) is 0 Å². The van der Waals surface area contributed by atoms with Crippen LogP contribution in [-0.4, -0.2) is 29.2 Å². The molecule has 1 saturated heterocycles. The molecule has 0 aromatic heterocycles. The Hall–Kier alpha value is -1.16. The van der Waals surface area contributed by atoms with Crippen LogP contribution in [0.1, 0.15) is 44.6 Å². The quantitative estimate of drug-likeness (QED) is 0.828. The first kappa shape index (κ1) is 16.2. The normalized spacial score (nSPS) is 19.1. The second-order valence-electron chi connectivity index (χ2n) is 5.80. The first-order valence-electron chi connectivity index (χ1n) is 7.59. The van der Waals surface area contributed by atoms with Crippen LogP contribution >= 0.6 is 15.9 Å². The minimum atomic E-state index is 0.0876. The first-order chi connectivity index (χ1) is 10.1. The third-order valence-electron chi connectivity index (χ3n) is 3.96. The Bertz CT molecular complexity index is 515. The van der Waals surface area contributed by atoms with Gasteiger partial charge in [0.1, 0.15) is 5.78 Å². The number of hydrogen-bond acceptors (Lipinski definition) is 2. The van der Waals surface area contributed by atoms with Crippen molar-refractivity contribution in [3.63, 3.8) is 0 Å². The number of halogens is 1. The summed E-state index contributed by atoms with van der Waals surface area (Å²) in [6, 6.07) is 7.95. The second-order valence-corrected chi connectivity index (χ2v) is 6.72. The standard InChI is InChI=1S/C17H22BrNO2/c1-13(20)10-16-8-3-2-4-9-19(16)17(21)12-14-6-5-7-15(18)11-14/h5-7,11,16H,2-4,8-10,12H2,1H3. The van der Waals surface area contributed by atoms with E-state index < -0.39 is 0 Å². The van der Waals surface area contributed by atoms with Crippen LogP contribution in [0.5, 0.6) is 0 Å². The SMILES string of the molecule is CC(=O)CC1CCCCCN1C(=O)Cc1cccc(Br)c1. The number of carbonyl (C=O) groups excluding carboxylic acids is 2. The van der Waals surface area contributed by atoms with Crippen molar-refractivity contribution in [3.8, 4) is 0 Å². The van der Waals surface area contributed by atoms with E-state index in [2.05, 4.69) is 15.9 Å². The first-order valence-corrected chi connectivity index (χ1v) is 8.39. The van der Waals surface area contributed by atoms with Gasteiger partial charge in [-0.25, -0.2) is 0 Å². The molecule has 1 aromatic carbocycles. The van der Waals surface area contributed by atoms with Crippen molar-refractivity contribution in [1.82, 2.24) is 4.90 Å². The number of amides is 1. The number of benzene rings is 1. The molecule has 1 aliphatic rings. The summed E-state index contributed by atoms with van der Waals surface area (Å²) in [5, 5.41) is 0. The maximum absolute atomic E-state index is 12.6. The Morgan fingerprint density at radius 3 is 2.81 bits per heavy atom. The zero-order chi connectivity index (χ0) is 15.2. The van der Waals surface area contributed by atoms with Gasteiger partial charge >= 0.3 is 0 Å². The molecule has 1 aliphatic heterocycles. The Kier molecular flexibility index (Phi) is 5.97. The van der Waals surface area contributed by atoms with E-state index in [-0.39, 0.29) is 17.7 Å². The predicted molar refractivity (Wildman–Crippen MR) is 87.1 cm³/mol. The summed E-state index contributed by atoms with van der Waals surface area (Å²) in [7, 11) is 0. The van der Waals surface area contributed by atoms with Gasteiger partial charge in [-0.15, -0.1) is 0 Å². The monoisotopic (exact) mass is 351 g/mol. The van der Waals surface area contributed by atoms with E-state index in [1.54, 1.807) is 6.92 Å². The van der Waals surface area contributed by atoms with E-state index in [1.807, 2.05) is 29.2 Å². The van der Waals surface area contributed by atoms with E-state index in [4.69, 9.17) is 0 Å². The molecule has 0 N–H and O–H groups in total. The van der Waals surface area contributed by atoms with E-state index in [0.717, 1.165) is 42.3 Å². The smallest absolute Gasteiger partial charge is 0.227 e. The molecule has 0 bridgehead atoms. The molecule has 1 aromatic rings. The van der Waals surface area contributed by atoms with Gasteiger partial charge in [-0.05, 0) is 37.5 Å². The van der Waals surface area contributed by atoms with Crippen molar-refractivity contribution in [1.29, 1.82) is 0 Å². The largest absolute Gasteiger partial charge is 0.339 e. The van der Waals surface area contributed by atoms with Gasteiger partial charge in [0.25, 0.3) is 0 Å². The molecule has 1 atom stereocenters. The number of likely N-dealkylation sites (tertiary alicyclic amines) is 1. The fourth-order valence-corrected chi connectivity index (χ4v) is 3.42. The average molecular weight is 352 g/mol. The second kappa shape index (κ2) is 7.74. The molecule has 0 saturated carbocycles. The summed E-state index contributed by atoms with van der Waals surface area (Å²) < 4.78 is 0.990. The highest BCUT2D eigenvalue weighted by Crippen LogP contribution is 2.21. The number of hydrogen-bond donors (Lipinski definition) is 0. The molecule has 2 rings (SSSR count). The number of Topliss-reactive ketones (excluding diaryl/α,β-unsaturated/α-hetero) is 1. The fourth-order valence-electron chi connectivity index (χ4n) is 2.97. The lowest BCUT2D eigenvalue weighted by molar-refractivity contribution is -0.133. The van der Waals surface area contributed by atoms with Gasteiger partial charge in [0.2, 0.25) is 5.91 Å². The van der Waals surface area contributed by atoms with Gasteiger partial charge in [-0.2, -0.15) is 0 Å². The van der Waals surface area contributed by atoms with Crippen LogP contribution in [0.2, 0.25) is 0 Å². The van der Waals surface area contributed by atoms with E-state index in [9.17, 15) is 9.59 Å². The van der Waals surface area contributed by atoms with Crippen LogP contribution in [-0.2, 0) is 16.0 Å². The lowest BCUT2D eigenvalue weighted by atomic mass is 10.0. The maximum atomic E-state index is 12.6. The number of nitrogens with zero attached hydrogens (tertiary/aromatic N) is 1. The predicted octanol–water partition coefficient (Wildman–Crippen LogP) is 3.74. The summed E-state index contributed by atoms with van der Waals surface area (Å²) in [5.74, 6) is 0.309. The van der Waals surface area contributed by atoms with Gasteiger partial charge in [0, 0.05) is 23.5 Å². The molecule has 114 valence electrons. The molecule has 1 heterocycles. The highest BCUT2D eigenvalue weighted by molar-refractivity contribution is 9.10. The molecule has 3 nitrogen and oxygen atoms in total. The minimum absolute atomic E-state index is 0.0876. The number of rotatable bonds is 4. The molecule has 4 heteroatoms. The van der Waals surface area contributed by atoms with Gasteiger partial charge in [-0.3, -0.25) is 9.59 Å². The lowest BCUT2D eigenvalue weighted by Gasteiger charge is -2.29. The Balaban J connectivity index is 2.08. The highest BCUT2D eigenvalue weighted by Gasteiger charge is 2.26. The van der Waals surface area contributed by atoms with E-state index >= 15 is 0 Å². The van der Waals surface area contributed by atoms with Gasteiger partial charge in [-0.1, -0.05) is 40.9 Å². The molecule has 21 heavy (non-hydrogen) atoms. The van der Waals surface area contributed by atoms with Crippen molar-refractivity contribution in [2.45, 2.75) is 51.5 Å². The molecule has 1 fully saturated rings. The molecule has 0 spiro atoms. The molecule has 0 radical (unpaired) electrons. The Morgan fingerprint density at radius 1 is 1.29 bits per heavy atom. The summed E-state index contributed by atoms with van der Waals surface area (Å²) in [6.07, 6.45) is 5.15. The zero-order valence-corrected chi connectivity index (χ0v) is 14.1. The molecule has 1 amide bonds. The van der Waals surface area contributed by atoms with Crippen LogP contribution in [0.25, 0.3) is 0 Å². The Morgan fingerprint density at radius 2 is 2.10 bits per heavy atom. The summed E-state index contributed by atoms with van der Waals surface area (Å²) >= 11 is 3.44. The highest BCUT2D eigenvalue weighted by atomic mass is 79.9. The summed E-state index contributed by atoms with van der Waals surface area (Å²) in [5.41, 5.74) is 1.01. The van der Waals surface area contributed by atoms with Crippen molar-refractivity contribution in [3.05, 3.63) is 34.3 Å². The van der Waals surface area contributed by atoms with Crippen molar-refractivity contribution >= 4 is 27.6 Å². The maximum Gasteiger partial charge on any atom is 0.227 e. The Labute approximate surface area is 134 Å². The third kappa shape index (κ3) is 4.95. The van der Waals surface area contributed by atoms with E-state index in [0.29, 0.717) is 12.8 Å². The number of carbonyl (C=O) groups is 2. The molecular weight excluding hydrogens is 330 g/mol. The van der Waals surface area contributed by atoms with Crippen molar-refractivity contribution < 1.29 is 9.59 Å². The molecular formula is C17H22BrNO2. The van der Waals surface area contributed by atoms with Crippen LogP contribution in [0, 0.1) is 0 Å². The number of ketones is 1. The summed E-state index contributed by atoms with van der Waals surface area (Å²) in [4.78, 5) is 26.0. The van der Waals surface area contributed by atoms with Gasteiger partial charge in [0.05, 0.1) is 6.42 Å². The van der Waals surface area contributed by atoms with Gasteiger partial charge < -0.3 is 4.90 Å². The fraction of sp³-hybridized carbons (Fsp3) is 0.529.